The summed E-state index contributed by atoms with van der Waals surface area (Å²) in [5.74, 6) is -2.97. The van der Waals surface area contributed by atoms with Gasteiger partial charge >= 0.3 is 5.69 Å². The van der Waals surface area contributed by atoms with Gasteiger partial charge in [0.05, 0.1) is 30.2 Å². The van der Waals surface area contributed by atoms with Crippen LogP contribution in [0.3, 0.4) is 0 Å². The van der Waals surface area contributed by atoms with Crippen LogP contribution in [-0.2, 0) is 9.53 Å². The minimum Gasteiger partial charge on any atom is -0.378 e. The Hall–Kier alpha value is -3.44. The number of rotatable bonds is 6. The maximum Gasteiger partial charge on any atom is 0.329 e. The van der Waals surface area contributed by atoms with Gasteiger partial charge in [0.1, 0.15) is 23.5 Å². The molecule has 8 nitrogen and oxygen atoms in total. The van der Waals surface area contributed by atoms with E-state index in [2.05, 4.69) is 15.6 Å². The van der Waals surface area contributed by atoms with Crippen LogP contribution >= 0.6 is 0 Å². The number of benzene rings is 2. The summed E-state index contributed by atoms with van der Waals surface area (Å²) >= 11 is 0. The molecule has 36 heavy (non-hydrogen) atoms. The number of ether oxygens (including phenoxy) is 1. The summed E-state index contributed by atoms with van der Waals surface area (Å²) in [6.45, 7) is 2.32. The molecule has 3 aromatic rings. The van der Waals surface area contributed by atoms with Crippen LogP contribution in [0.1, 0.15) is 43.8 Å². The summed E-state index contributed by atoms with van der Waals surface area (Å²) in [5.41, 5.74) is -2.12. The van der Waals surface area contributed by atoms with E-state index in [1.807, 2.05) is 0 Å². The number of amides is 1. The quantitative estimate of drug-likeness (QED) is 0.480. The van der Waals surface area contributed by atoms with Crippen molar-refractivity contribution in [1.29, 1.82) is 0 Å². The van der Waals surface area contributed by atoms with E-state index in [0.717, 1.165) is 29.2 Å². The molecule has 0 unspecified atom stereocenters. The van der Waals surface area contributed by atoms with Crippen molar-refractivity contribution in [3.05, 3.63) is 80.3 Å². The number of nitrogens with one attached hydrogen (secondary N) is 3. The summed E-state index contributed by atoms with van der Waals surface area (Å²) in [7, 11) is 0. The Bertz CT molecular complexity index is 1450. The predicted octanol–water partition coefficient (Wildman–Crippen LogP) is 2.44. The van der Waals surface area contributed by atoms with Gasteiger partial charge in [-0.1, -0.05) is 6.07 Å². The van der Waals surface area contributed by atoms with Gasteiger partial charge in [0.2, 0.25) is 5.91 Å². The van der Waals surface area contributed by atoms with Crippen LogP contribution in [0.4, 0.5) is 13.2 Å². The molecule has 11 heteroatoms. The third-order valence-corrected chi connectivity index (χ3v) is 7.06. The maximum absolute atomic E-state index is 14.3. The Kier molecular flexibility index (Phi) is 6.21. The van der Waals surface area contributed by atoms with Crippen molar-refractivity contribution in [1.82, 2.24) is 20.2 Å². The Labute approximate surface area is 203 Å². The van der Waals surface area contributed by atoms with Crippen LogP contribution in [0.25, 0.3) is 10.9 Å². The van der Waals surface area contributed by atoms with Crippen LogP contribution in [0.5, 0.6) is 0 Å². The Morgan fingerprint density at radius 3 is 2.72 bits per heavy atom. The number of carbonyl (C=O) groups excluding carboxylic acids is 1. The van der Waals surface area contributed by atoms with Gasteiger partial charge in [-0.15, -0.1) is 0 Å². The van der Waals surface area contributed by atoms with E-state index in [0.29, 0.717) is 19.1 Å². The highest BCUT2D eigenvalue weighted by Gasteiger charge is 2.46. The van der Waals surface area contributed by atoms with Gasteiger partial charge in [-0.05, 0) is 50.5 Å². The van der Waals surface area contributed by atoms with Crippen LogP contribution < -0.4 is 21.9 Å². The number of fused-ring (bicyclic) bond motifs is 3. The summed E-state index contributed by atoms with van der Waals surface area (Å²) < 4.78 is 48.1. The van der Waals surface area contributed by atoms with E-state index >= 15 is 0 Å². The zero-order chi connectivity index (χ0) is 25.6. The molecule has 3 heterocycles. The smallest absolute Gasteiger partial charge is 0.329 e. The minimum atomic E-state index is -1.31. The van der Waals surface area contributed by atoms with E-state index in [-0.39, 0.29) is 35.5 Å². The number of carbonyl (C=O) groups is 1. The third-order valence-electron chi connectivity index (χ3n) is 7.06. The van der Waals surface area contributed by atoms with Gasteiger partial charge in [-0.2, -0.15) is 0 Å². The topological polar surface area (TPSA) is 105 Å². The molecule has 5 rings (SSSR count). The first-order valence-corrected chi connectivity index (χ1v) is 11.7. The second-order valence-electron chi connectivity index (χ2n) is 9.59. The highest BCUT2D eigenvalue weighted by Crippen LogP contribution is 2.35. The lowest BCUT2D eigenvalue weighted by atomic mass is 9.89. The third kappa shape index (κ3) is 4.44. The van der Waals surface area contributed by atoms with Crippen LogP contribution in [0, 0.1) is 17.5 Å². The van der Waals surface area contributed by atoms with Gasteiger partial charge in [0.15, 0.2) is 0 Å². The molecular formula is C25H25F3N4O4. The second kappa shape index (κ2) is 9.21. The Balaban J connectivity index is 1.56. The lowest BCUT2D eigenvalue weighted by Gasteiger charge is -2.37. The number of morpholine rings is 1. The van der Waals surface area contributed by atoms with Crippen molar-refractivity contribution in [2.45, 2.75) is 49.9 Å². The summed E-state index contributed by atoms with van der Waals surface area (Å²) in [5, 5.41) is 6.02. The molecule has 0 saturated carbocycles. The molecule has 2 fully saturated rings. The van der Waals surface area contributed by atoms with E-state index in [9.17, 15) is 27.6 Å². The van der Waals surface area contributed by atoms with Crippen molar-refractivity contribution in [3.63, 3.8) is 0 Å². The molecular weight excluding hydrogens is 477 g/mol. The van der Waals surface area contributed by atoms with Crippen LogP contribution in [0.15, 0.2) is 46.0 Å². The number of halogens is 3. The average Bonchev–Trinajstić information content (AvgIpc) is 3.11. The van der Waals surface area contributed by atoms with Gasteiger partial charge < -0.3 is 20.4 Å². The molecule has 2 saturated heterocycles. The van der Waals surface area contributed by atoms with Gasteiger partial charge in [-0.25, -0.2) is 22.5 Å². The van der Waals surface area contributed by atoms with Crippen molar-refractivity contribution >= 4 is 16.8 Å². The first kappa shape index (κ1) is 24.3. The Morgan fingerprint density at radius 2 is 1.94 bits per heavy atom. The zero-order valence-corrected chi connectivity index (χ0v) is 19.4. The zero-order valence-electron chi connectivity index (χ0n) is 19.4. The maximum atomic E-state index is 14.3. The first-order chi connectivity index (χ1) is 17.2. The van der Waals surface area contributed by atoms with Crippen molar-refractivity contribution in [3.8, 4) is 0 Å². The molecule has 3 N–H and O–H groups in total. The summed E-state index contributed by atoms with van der Waals surface area (Å²) in [6, 6.07) is 4.30. The summed E-state index contributed by atoms with van der Waals surface area (Å²) in [6.07, 6.45) is 1.51. The molecule has 2 aliphatic heterocycles. The molecule has 2 bridgehead atoms. The monoisotopic (exact) mass is 502 g/mol. The van der Waals surface area contributed by atoms with Gasteiger partial charge in [0.25, 0.3) is 5.56 Å². The molecule has 1 aromatic heterocycles. The molecule has 2 aromatic carbocycles. The molecule has 0 spiro atoms. The molecule has 0 radical (unpaired) electrons. The highest BCUT2D eigenvalue weighted by atomic mass is 19.1. The van der Waals surface area contributed by atoms with Crippen molar-refractivity contribution in [2.75, 3.05) is 13.2 Å². The lowest BCUT2D eigenvalue weighted by molar-refractivity contribution is -0.126. The summed E-state index contributed by atoms with van der Waals surface area (Å²) in [4.78, 5) is 42.6. The van der Waals surface area contributed by atoms with E-state index in [1.165, 1.54) is 19.1 Å². The van der Waals surface area contributed by atoms with Crippen molar-refractivity contribution < 1.29 is 22.7 Å². The fourth-order valence-corrected chi connectivity index (χ4v) is 5.28. The fourth-order valence-electron chi connectivity index (χ4n) is 5.28. The fraction of sp³-hybridized carbons (Fsp3) is 0.400. The average molecular weight is 502 g/mol. The number of nitrogens with zero attached hydrogens (tertiary/aromatic N) is 1. The number of aromatic nitrogens is 2. The molecule has 2 aliphatic rings. The number of hydrogen-bond acceptors (Lipinski definition) is 5. The predicted molar refractivity (Wildman–Crippen MR) is 125 cm³/mol. The lowest BCUT2D eigenvalue weighted by Crippen LogP contribution is -2.56. The van der Waals surface area contributed by atoms with Gasteiger partial charge in [-0.3, -0.25) is 9.59 Å². The largest absolute Gasteiger partial charge is 0.378 e. The van der Waals surface area contributed by atoms with Crippen LogP contribution in [0.2, 0.25) is 0 Å². The normalized spacial score (nSPS) is 22.9. The van der Waals surface area contributed by atoms with E-state index in [1.54, 1.807) is 0 Å². The minimum absolute atomic E-state index is 0.0394. The molecule has 0 aliphatic carbocycles. The number of aromatic amines is 1. The van der Waals surface area contributed by atoms with E-state index in [4.69, 9.17) is 4.74 Å². The molecule has 4 atom stereocenters. The molecule has 1 amide bonds. The first-order valence-electron chi connectivity index (χ1n) is 11.7. The number of H-pyrrole nitrogens is 1. The second-order valence-corrected chi connectivity index (χ2v) is 9.59. The van der Waals surface area contributed by atoms with E-state index < -0.39 is 52.2 Å². The Morgan fingerprint density at radius 1 is 1.19 bits per heavy atom. The van der Waals surface area contributed by atoms with Gasteiger partial charge in [0, 0.05) is 23.2 Å². The van der Waals surface area contributed by atoms with Crippen molar-refractivity contribution in [2.24, 2.45) is 0 Å². The standard InChI is InChI=1S/C25H25F3N4O4/c1-13(17-4-2-15(27)9-19(17)28)29-22(33)21(10-25-7-6-16(31-25)11-36-12-25)32-23(34)18-8-14(26)3-5-20(18)30-24(32)35/h2-5,8-9,13,16,21,31H,6-7,10-12H2,1H3,(H,29,33)(H,30,35)/t13-,16+,21-,25+/m0/s1. The highest BCUT2D eigenvalue weighted by molar-refractivity contribution is 5.82. The molecule has 190 valence electrons. The number of hydrogen-bond donors (Lipinski definition) is 3. The van der Waals surface area contributed by atoms with Crippen LogP contribution in [-0.4, -0.2) is 40.3 Å². The SMILES string of the molecule is C[C@H](NC(=O)[C@H](C[C@]12CC[C@H](COC1)N2)n1c(=O)[nH]c2ccc(F)cc2c1=O)c1ccc(F)cc1F.